The molecule has 2 bridgehead atoms. The van der Waals surface area contributed by atoms with Crippen molar-refractivity contribution in [1.82, 2.24) is 14.5 Å². The molecule has 0 amide bonds. The fourth-order valence-corrected chi connectivity index (χ4v) is 6.25. The third kappa shape index (κ3) is 5.64. The predicted octanol–water partition coefficient (Wildman–Crippen LogP) is 7.36. The molecule has 45 heavy (non-hydrogen) atoms. The van der Waals surface area contributed by atoms with Crippen LogP contribution in [0.5, 0.6) is 5.88 Å². The molecule has 3 fully saturated rings. The smallest absolute Gasteiger partial charge is 0.335 e. The van der Waals surface area contributed by atoms with E-state index < -0.39 is 29.6 Å². The molecule has 0 spiro atoms. The second kappa shape index (κ2) is 11.3. The van der Waals surface area contributed by atoms with E-state index >= 15 is 4.39 Å². The summed E-state index contributed by atoms with van der Waals surface area (Å²) in [6.07, 6.45) is -0.730. The van der Waals surface area contributed by atoms with Gasteiger partial charge < -0.3 is 19.1 Å². The molecule has 0 unspecified atom stereocenters. The summed E-state index contributed by atoms with van der Waals surface area (Å²) in [5, 5.41) is 9.56. The number of pyridine rings is 1. The van der Waals surface area contributed by atoms with Crippen LogP contribution >= 0.6 is 0 Å². The van der Waals surface area contributed by atoms with Gasteiger partial charge in [0.1, 0.15) is 24.1 Å². The minimum atomic E-state index is -2.77. The van der Waals surface area contributed by atoms with Crippen LogP contribution in [0.4, 0.5) is 17.6 Å². The molecule has 5 aromatic rings. The highest BCUT2D eigenvalue weighted by Crippen LogP contribution is 2.49. The Balaban J connectivity index is 1.12. The number of carboxylic acids is 1. The SMILES string of the molecule is O=C(O)c1ccc2nc(Cc3ccc(-c4cccc(OCc5ccc(C(F)F)cc5F)n4)cc3F)n(CC34CC(CO3)C4)c2c1. The fourth-order valence-electron chi connectivity index (χ4n) is 6.25. The Bertz CT molecular complexity index is 1930. The predicted molar refractivity (Wildman–Crippen MR) is 156 cm³/mol. The molecule has 2 aromatic heterocycles. The number of rotatable bonds is 10. The van der Waals surface area contributed by atoms with Gasteiger partial charge in [0.2, 0.25) is 5.88 Å². The number of halogens is 4. The van der Waals surface area contributed by atoms with Gasteiger partial charge in [-0.2, -0.15) is 0 Å². The first kappa shape index (κ1) is 29.0. The first-order valence-corrected chi connectivity index (χ1v) is 14.5. The summed E-state index contributed by atoms with van der Waals surface area (Å²) in [4.78, 5) is 20.8. The normalized spacial score (nSPS) is 18.8. The van der Waals surface area contributed by atoms with E-state index in [2.05, 4.69) is 4.98 Å². The minimum absolute atomic E-state index is 0.100. The van der Waals surface area contributed by atoms with E-state index in [0.717, 1.165) is 25.0 Å². The number of ether oxygens (including phenoxy) is 2. The number of aromatic carboxylic acids is 1. The standard InChI is InChI=1S/C34H27F4N3O4/c35-25-10-21(27-2-1-3-31(40-27)44-17-24-7-6-22(32(37)38)11-26(24)36)5-4-20(25)13-30-39-28-9-8-23(33(42)43)12-29(28)41(30)18-34-14-19(15-34)16-45-34/h1-12,19,32H,13-18H2,(H,42,43). The number of carboxylic acid groups (broad SMARTS) is 1. The summed E-state index contributed by atoms with van der Waals surface area (Å²) in [6.45, 7) is 1.00. The highest BCUT2D eigenvalue weighted by molar-refractivity contribution is 5.92. The zero-order chi connectivity index (χ0) is 31.3. The van der Waals surface area contributed by atoms with Crippen LogP contribution in [0.2, 0.25) is 0 Å². The maximum Gasteiger partial charge on any atom is 0.335 e. The Morgan fingerprint density at radius 1 is 1.00 bits per heavy atom. The van der Waals surface area contributed by atoms with Gasteiger partial charge in [-0.1, -0.05) is 30.3 Å². The van der Waals surface area contributed by atoms with E-state index in [1.54, 1.807) is 42.5 Å². The Morgan fingerprint density at radius 2 is 1.80 bits per heavy atom. The highest BCUT2D eigenvalue weighted by Gasteiger charge is 2.52. The molecule has 2 aliphatic heterocycles. The molecular weight excluding hydrogens is 590 g/mol. The van der Waals surface area contributed by atoms with Gasteiger partial charge in [-0.3, -0.25) is 0 Å². The van der Waals surface area contributed by atoms with Gasteiger partial charge in [-0.25, -0.2) is 32.3 Å². The summed E-state index contributed by atoms with van der Waals surface area (Å²) < 4.78 is 69.1. The van der Waals surface area contributed by atoms with Crippen LogP contribution in [-0.2, 0) is 24.3 Å². The van der Waals surface area contributed by atoms with Crippen LogP contribution in [0.1, 0.15) is 52.1 Å². The zero-order valence-corrected chi connectivity index (χ0v) is 23.9. The van der Waals surface area contributed by atoms with Gasteiger partial charge in [0, 0.05) is 29.2 Å². The van der Waals surface area contributed by atoms with Crippen LogP contribution < -0.4 is 4.74 Å². The van der Waals surface area contributed by atoms with Gasteiger partial charge in [0.25, 0.3) is 6.43 Å². The molecule has 1 aliphatic carbocycles. The molecular formula is C34H27F4N3O4. The van der Waals surface area contributed by atoms with Crippen LogP contribution in [0, 0.1) is 17.6 Å². The maximum atomic E-state index is 15.6. The number of hydrogen-bond donors (Lipinski definition) is 1. The van der Waals surface area contributed by atoms with Crippen molar-refractivity contribution < 1.29 is 36.9 Å². The summed E-state index contributed by atoms with van der Waals surface area (Å²) in [5.41, 5.74) is 2.15. The lowest BCUT2D eigenvalue weighted by Gasteiger charge is -2.36. The van der Waals surface area contributed by atoms with Crippen LogP contribution in [-0.4, -0.2) is 37.8 Å². The Labute approximate surface area is 255 Å². The van der Waals surface area contributed by atoms with E-state index in [0.29, 0.717) is 52.7 Å². The minimum Gasteiger partial charge on any atom is -0.478 e. The van der Waals surface area contributed by atoms with Gasteiger partial charge in [-0.05, 0) is 60.7 Å². The van der Waals surface area contributed by atoms with Crippen LogP contribution in [0.25, 0.3) is 22.3 Å². The lowest BCUT2D eigenvalue weighted by Crippen LogP contribution is -2.41. The number of carbonyl (C=O) groups is 1. The average Bonchev–Trinajstić information content (AvgIpc) is 3.71. The quantitative estimate of drug-likeness (QED) is 0.165. The van der Waals surface area contributed by atoms with Crippen molar-refractivity contribution in [2.75, 3.05) is 6.61 Å². The van der Waals surface area contributed by atoms with Gasteiger partial charge in [0.15, 0.2) is 0 Å². The van der Waals surface area contributed by atoms with E-state index in [4.69, 9.17) is 14.5 Å². The second-order valence-electron chi connectivity index (χ2n) is 11.7. The highest BCUT2D eigenvalue weighted by atomic mass is 19.3. The molecule has 3 aliphatic rings. The number of hydrogen-bond acceptors (Lipinski definition) is 5. The van der Waals surface area contributed by atoms with Crippen molar-refractivity contribution in [3.63, 3.8) is 0 Å². The summed E-state index contributed by atoms with van der Waals surface area (Å²) in [6, 6.07) is 17.6. The molecule has 3 aromatic carbocycles. The molecule has 11 heteroatoms. The van der Waals surface area contributed by atoms with E-state index in [9.17, 15) is 23.1 Å². The molecule has 0 atom stereocenters. The lowest BCUT2D eigenvalue weighted by atomic mass is 9.74. The molecule has 7 nitrogen and oxygen atoms in total. The number of benzene rings is 3. The topological polar surface area (TPSA) is 86.5 Å². The molecule has 230 valence electrons. The number of imidazole rings is 1. The molecule has 1 saturated carbocycles. The van der Waals surface area contributed by atoms with Crippen molar-refractivity contribution >= 4 is 17.0 Å². The second-order valence-corrected chi connectivity index (χ2v) is 11.7. The van der Waals surface area contributed by atoms with Crippen molar-refractivity contribution in [2.24, 2.45) is 5.92 Å². The van der Waals surface area contributed by atoms with Crippen molar-refractivity contribution in [1.29, 1.82) is 0 Å². The van der Waals surface area contributed by atoms with Gasteiger partial charge >= 0.3 is 5.97 Å². The van der Waals surface area contributed by atoms with Gasteiger partial charge in [-0.15, -0.1) is 0 Å². The third-order valence-electron chi connectivity index (χ3n) is 8.59. The number of fused-ring (bicyclic) bond motifs is 2. The van der Waals surface area contributed by atoms with E-state index in [1.807, 2.05) is 4.57 Å². The zero-order valence-electron chi connectivity index (χ0n) is 23.9. The van der Waals surface area contributed by atoms with Crippen molar-refractivity contribution in [2.45, 2.75) is 44.4 Å². The Morgan fingerprint density at radius 3 is 2.51 bits per heavy atom. The molecule has 0 radical (unpaired) electrons. The number of nitrogens with zero attached hydrogens (tertiary/aromatic N) is 3. The maximum absolute atomic E-state index is 15.6. The molecule has 2 saturated heterocycles. The number of aromatic nitrogens is 3. The van der Waals surface area contributed by atoms with Crippen molar-refractivity contribution in [3.05, 3.63) is 113 Å². The molecule has 1 N–H and O–H groups in total. The Hall–Kier alpha value is -4.77. The van der Waals surface area contributed by atoms with Crippen LogP contribution in [0.15, 0.2) is 72.8 Å². The number of alkyl halides is 2. The van der Waals surface area contributed by atoms with Crippen molar-refractivity contribution in [3.8, 4) is 17.1 Å². The third-order valence-corrected chi connectivity index (χ3v) is 8.59. The van der Waals surface area contributed by atoms with E-state index in [1.165, 1.54) is 18.2 Å². The summed E-state index contributed by atoms with van der Waals surface area (Å²) in [7, 11) is 0. The van der Waals surface area contributed by atoms with Gasteiger partial charge in [0.05, 0.1) is 41.0 Å². The Kier molecular flexibility index (Phi) is 7.27. The molecule has 8 rings (SSSR count). The molecule has 4 heterocycles. The first-order chi connectivity index (χ1) is 21.7. The lowest BCUT2D eigenvalue weighted by molar-refractivity contribution is -0.0132. The van der Waals surface area contributed by atoms with E-state index in [-0.39, 0.29) is 35.6 Å². The summed E-state index contributed by atoms with van der Waals surface area (Å²) >= 11 is 0. The average molecular weight is 618 g/mol. The largest absolute Gasteiger partial charge is 0.478 e. The monoisotopic (exact) mass is 617 g/mol. The first-order valence-electron chi connectivity index (χ1n) is 14.5. The summed E-state index contributed by atoms with van der Waals surface area (Å²) in [5.74, 6) is -0.993. The fraction of sp³-hybridized carbons (Fsp3) is 0.265. The van der Waals surface area contributed by atoms with Crippen LogP contribution in [0.3, 0.4) is 0 Å².